The van der Waals surface area contributed by atoms with Gasteiger partial charge in [-0.15, -0.1) is 11.8 Å². The SMILES string of the molecule is Cc1cccc(CN(C(=O)CSCc2c(F)cccc2Cl)[C@H](Cc2ccccc2)C(=O)NC2CCCCC2)c1. The van der Waals surface area contributed by atoms with Gasteiger partial charge in [-0.2, -0.15) is 0 Å². The molecule has 4 nitrogen and oxygen atoms in total. The minimum Gasteiger partial charge on any atom is -0.352 e. The Hall–Kier alpha value is -2.83. The molecule has 3 aromatic rings. The molecule has 0 unspecified atom stereocenters. The Balaban J connectivity index is 1.58. The number of hydrogen-bond donors (Lipinski definition) is 1. The van der Waals surface area contributed by atoms with E-state index in [1.807, 2.05) is 61.5 Å². The second-order valence-electron chi connectivity index (χ2n) is 10.3. The van der Waals surface area contributed by atoms with E-state index in [2.05, 4.69) is 5.32 Å². The van der Waals surface area contributed by atoms with Crippen LogP contribution in [-0.4, -0.2) is 34.6 Å². The van der Waals surface area contributed by atoms with Crippen LogP contribution in [0.2, 0.25) is 5.02 Å². The highest BCUT2D eigenvalue weighted by atomic mass is 35.5. The van der Waals surface area contributed by atoms with Crippen molar-refractivity contribution in [1.29, 1.82) is 0 Å². The number of benzene rings is 3. The van der Waals surface area contributed by atoms with Crippen molar-refractivity contribution >= 4 is 35.2 Å². The molecule has 0 aromatic heterocycles. The maximum absolute atomic E-state index is 14.3. The van der Waals surface area contributed by atoms with Gasteiger partial charge in [0.1, 0.15) is 11.9 Å². The van der Waals surface area contributed by atoms with Crippen molar-refractivity contribution in [3.63, 3.8) is 0 Å². The van der Waals surface area contributed by atoms with Crippen LogP contribution < -0.4 is 5.32 Å². The van der Waals surface area contributed by atoms with E-state index in [0.29, 0.717) is 23.6 Å². The topological polar surface area (TPSA) is 49.4 Å². The van der Waals surface area contributed by atoms with E-state index >= 15 is 0 Å². The maximum Gasteiger partial charge on any atom is 0.243 e. The average molecular weight is 567 g/mol. The predicted octanol–water partition coefficient (Wildman–Crippen LogP) is 7.11. The van der Waals surface area contributed by atoms with Gasteiger partial charge in [0, 0.05) is 35.3 Å². The summed E-state index contributed by atoms with van der Waals surface area (Å²) < 4.78 is 14.3. The Morgan fingerprint density at radius 2 is 1.72 bits per heavy atom. The Morgan fingerprint density at radius 1 is 1.00 bits per heavy atom. The fraction of sp³-hybridized carbons (Fsp3) is 0.375. The lowest BCUT2D eigenvalue weighted by molar-refractivity contribution is -0.139. The van der Waals surface area contributed by atoms with E-state index in [9.17, 15) is 14.0 Å². The molecule has 0 heterocycles. The summed E-state index contributed by atoms with van der Waals surface area (Å²) in [5.41, 5.74) is 3.44. The molecule has 0 saturated heterocycles. The summed E-state index contributed by atoms with van der Waals surface area (Å²) in [5.74, 6) is -0.276. The molecule has 1 aliphatic carbocycles. The molecule has 0 radical (unpaired) electrons. The van der Waals surface area contributed by atoms with Crippen molar-refractivity contribution in [1.82, 2.24) is 10.2 Å². The molecule has 2 amide bonds. The first kappa shape index (κ1) is 29.2. The van der Waals surface area contributed by atoms with Crippen LogP contribution in [0.25, 0.3) is 0 Å². The number of rotatable bonds is 11. The summed E-state index contributed by atoms with van der Waals surface area (Å²) in [7, 11) is 0. The van der Waals surface area contributed by atoms with Gasteiger partial charge in [-0.1, -0.05) is 97.1 Å². The molecule has 1 N–H and O–H groups in total. The highest BCUT2D eigenvalue weighted by molar-refractivity contribution is 7.99. The zero-order valence-corrected chi connectivity index (χ0v) is 23.9. The molecule has 1 aliphatic rings. The van der Waals surface area contributed by atoms with Crippen molar-refractivity contribution in [2.24, 2.45) is 0 Å². The van der Waals surface area contributed by atoms with Crippen molar-refractivity contribution < 1.29 is 14.0 Å². The van der Waals surface area contributed by atoms with Crippen LogP contribution in [0, 0.1) is 12.7 Å². The van der Waals surface area contributed by atoms with Crippen LogP contribution in [0.4, 0.5) is 4.39 Å². The number of nitrogens with zero attached hydrogens (tertiary/aromatic N) is 1. The van der Waals surface area contributed by atoms with Crippen LogP contribution in [0.1, 0.15) is 54.4 Å². The highest BCUT2D eigenvalue weighted by Gasteiger charge is 2.32. The summed E-state index contributed by atoms with van der Waals surface area (Å²) in [6.07, 6.45) is 5.76. The van der Waals surface area contributed by atoms with Crippen LogP contribution in [-0.2, 0) is 28.3 Å². The standard InChI is InChI=1S/C32H36ClFN2O2S/c1-23-10-8-13-25(18-23)20-36(31(37)22-39-21-27-28(33)16-9-17-29(27)34)30(19-24-11-4-2-5-12-24)32(38)35-26-14-6-3-7-15-26/h2,4-5,8-13,16-18,26,30H,3,6-7,14-15,19-22H2,1H3,(H,35,38)/t30-/m1/s1. The molecular weight excluding hydrogens is 531 g/mol. The van der Waals surface area contributed by atoms with Gasteiger partial charge < -0.3 is 10.2 Å². The molecule has 1 atom stereocenters. The first-order valence-corrected chi connectivity index (χ1v) is 15.1. The number of thioether (sulfide) groups is 1. The molecule has 206 valence electrons. The molecule has 39 heavy (non-hydrogen) atoms. The smallest absolute Gasteiger partial charge is 0.243 e. The Bertz CT molecular complexity index is 1230. The number of halogens is 2. The van der Waals surface area contributed by atoms with Gasteiger partial charge >= 0.3 is 0 Å². The summed E-state index contributed by atoms with van der Waals surface area (Å²) in [5, 5.41) is 3.61. The van der Waals surface area contributed by atoms with E-state index in [0.717, 1.165) is 42.4 Å². The molecule has 1 saturated carbocycles. The molecule has 1 fully saturated rings. The first-order chi connectivity index (χ1) is 18.9. The van der Waals surface area contributed by atoms with E-state index < -0.39 is 6.04 Å². The number of hydrogen-bond acceptors (Lipinski definition) is 3. The lowest BCUT2D eigenvalue weighted by atomic mass is 9.94. The second kappa shape index (κ2) is 14.5. The molecule has 4 rings (SSSR count). The molecule has 0 spiro atoms. The van der Waals surface area contributed by atoms with Crippen molar-refractivity contribution in [2.45, 2.75) is 69.8 Å². The van der Waals surface area contributed by atoms with E-state index in [1.54, 1.807) is 17.0 Å². The fourth-order valence-electron chi connectivity index (χ4n) is 5.10. The van der Waals surface area contributed by atoms with Gasteiger partial charge in [0.25, 0.3) is 0 Å². The highest BCUT2D eigenvalue weighted by Crippen LogP contribution is 2.25. The predicted molar refractivity (Wildman–Crippen MR) is 158 cm³/mol. The summed E-state index contributed by atoms with van der Waals surface area (Å²) in [6.45, 7) is 2.33. The number of carbonyl (C=O) groups excluding carboxylic acids is 2. The van der Waals surface area contributed by atoms with Crippen molar-refractivity contribution in [3.05, 3.63) is 106 Å². The lowest BCUT2D eigenvalue weighted by Crippen LogP contribution is -2.53. The van der Waals surface area contributed by atoms with E-state index in [1.165, 1.54) is 24.2 Å². The minimum atomic E-state index is -0.667. The molecule has 0 aliphatic heterocycles. The Labute approximate surface area is 240 Å². The fourth-order valence-corrected chi connectivity index (χ4v) is 6.35. The number of amides is 2. The Morgan fingerprint density at radius 3 is 2.44 bits per heavy atom. The van der Waals surface area contributed by atoms with E-state index in [4.69, 9.17) is 11.6 Å². The Kier molecular flexibility index (Phi) is 10.9. The van der Waals surface area contributed by atoms with Gasteiger partial charge in [-0.05, 0) is 43.0 Å². The average Bonchev–Trinajstić information content (AvgIpc) is 2.93. The van der Waals surface area contributed by atoms with Gasteiger partial charge in [0.15, 0.2) is 0 Å². The molecule has 0 bridgehead atoms. The second-order valence-corrected chi connectivity index (χ2v) is 11.6. The maximum atomic E-state index is 14.3. The molecular formula is C32H36ClFN2O2S. The van der Waals surface area contributed by atoms with Gasteiger partial charge in [0.05, 0.1) is 5.75 Å². The number of aryl methyl sites for hydroxylation is 1. The van der Waals surface area contributed by atoms with Crippen molar-refractivity contribution in [2.75, 3.05) is 5.75 Å². The lowest BCUT2D eigenvalue weighted by Gasteiger charge is -2.33. The number of nitrogens with one attached hydrogen (secondary N) is 1. The van der Waals surface area contributed by atoms with Crippen LogP contribution in [0.3, 0.4) is 0 Å². The van der Waals surface area contributed by atoms with Crippen LogP contribution >= 0.6 is 23.4 Å². The normalized spacial score (nSPS) is 14.5. The summed E-state index contributed by atoms with van der Waals surface area (Å²) >= 11 is 7.51. The molecule has 7 heteroatoms. The third-order valence-corrected chi connectivity index (χ3v) is 8.49. The van der Waals surface area contributed by atoms with Gasteiger partial charge in [-0.25, -0.2) is 4.39 Å². The van der Waals surface area contributed by atoms with Crippen LogP contribution in [0.15, 0.2) is 72.8 Å². The molecule has 3 aromatic carbocycles. The number of carbonyl (C=O) groups is 2. The summed E-state index contributed by atoms with van der Waals surface area (Å²) in [4.78, 5) is 29.3. The monoisotopic (exact) mass is 566 g/mol. The van der Waals surface area contributed by atoms with E-state index in [-0.39, 0.29) is 35.2 Å². The largest absolute Gasteiger partial charge is 0.352 e. The first-order valence-electron chi connectivity index (χ1n) is 13.6. The summed E-state index contributed by atoms with van der Waals surface area (Å²) in [6, 6.07) is 21.9. The third kappa shape index (κ3) is 8.58. The third-order valence-electron chi connectivity index (χ3n) is 7.19. The quantitative estimate of drug-likeness (QED) is 0.269. The van der Waals surface area contributed by atoms with Crippen molar-refractivity contribution in [3.8, 4) is 0 Å². The zero-order chi connectivity index (χ0) is 27.6. The van der Waals surface area contributed by atoms with Gasteiger partial charge in [-0.3, -0.25) is 9.59 Å². The van der Waals surface area contributed by atoms with Gasteiger partial charge in [0.2, 0.25) is 11.8 Å². The minimum absolute atomic E-state index is 0.110. The van der Waals surface area contributed by atoms with Crippen LogP contribution in [0.5, 0.6) is 0 Å². The zero-order valence-electron chi connectivity index (χ0n) is 22.4.